The SMILES string of the molecule is O=Cc1cccc(S(=O)(=O)c2sc(CCNC(=O)O)cc2-c2cccnc2F)c1. The number of carboxylic acid groups (broad SMARTS) is 1. The quantitative estimate of drug-likeness (QED) is 0.435. The Hall–Kier alpha value is -3.11. The molecule has 0 atom stereocenters. The highest BCUT2D eigenvalue weighted by Crippen LogP contribution is 2.39. The molecule has 3 aromatic rings. The molecule has 10 heteroatoms. The topological polar surface area (TPSA) is 113 Å². The van der Waals surface area contributed by atoms with Crippen molar-refractivity contribution in [3.05, 3.63) is 65.0 Å². The minimum atomic E-state index is -4.06. The molecule has 0 aliphatic rings. The van der Waals surface area contributed by atoms with Crippen LogP contribution < -0.4 is 5.32 Å². The van der Waals surface area contributed by atoms with Crippen LogP contribution in [0.25, 0.3) is 11.1 Å². The third kappa shape index (κ3) is 4.49. The molecule has 2 heterocycles. The minimum absolute atomic E-state index is 0.0197. The molecule has 1 amide bonds. The monoisotopic (exact) mass is 434 g/mol. The van der Waals surface area contributed by atoms with E-state index in [0.717, 1.165) is 11.3 Å². The van der Waals surface area contributed by atoms with Crippen LogP contribution in [0.3, 0.4) is 0 Å². The number of hydrogen-bond donors (Lipinski definition) is 2. The molecular formula is C19H15FN2O5S2. The normalized spacial score (nSPS) is 11.2. The smallest absolute Gasteiger partial charge is 0.404 e. The number of nitrogens with one attached hydrogen (secondary N) is 1. The Balaban J connectivity index is 2.12. The average molecular weight is 434 g/mol. The van der Waals surface area contributed by atoms with E-state index < -0.39 is 21.9 Å². The van der Waals surface area contributed by atoms with Gasteiger partial charge in [0.05, 0.1) is 4.90 Å². The van der Waals surface area contributed by atoms with Crippen LogP contribution in [0.15, 0.2) is 57.8 Å². The van der Waals surface area contributed by atoms with E-state index in [1.165, 1.54) is 48.7 Å². The molecule has 150 valence electrons. The summed E-state index contributed by atoms with van der Waals surface area (Å²) in [6.45, 7) is 0.0743. The molecular weight excluding hydrogens is 419 g/mol. The highest BCUT2D eigenvalue weighted by atomic mass is 32.2. The van der Waals surface area contributed by atoms with Crippen LogP contribution in [0.4, 0.5) is 9.18 Å². The van der Waals surface area contributed by atoms with E-state index in [-0.39, 0.29) is 38.8 Å². The van der Waals surface area contributed by atoms with Crippen LogP contribution in [-0.4, -0.2) is 37.4 Å². The minimum Gasteiger partial charge on any atom is -0.465 e. The van der Waals surface area contributed by atoms with E-state index in [0.29, 0.717) is 11.2 Å². The van der Waals surface area contributed by atoms with Crippen LogP contribution in [0.5, 0.6) is 0 Å². The number of aldehydes is 1. The van der Waals surface area contributed by atoms with E-state index in [9.17, 15) is 22.4 Å². The maximum atomic E-state index is 14.3. The third-order valence-electron chi connectivity index (χ3n) is 3.99. The number of nitrogens with zero attached hydrogens (tertiary/aromatic N) is 1. The first-order valence-corrected chi connectivity index (χ1v) is 10.6. The summed E-state index contributed by atoms with van der Waals surface area (Å²) in [6, 6.07) is 9.96. The van der Waals surface area contributed by atoms with E-state index in [2.05, 4.69) is 10.3 Å². The van der Waals surface area contributed by atoms with Crippen molar-refractivity contribution in [1.29, 1.82) is 0 Å². The fourth-order valence-electron chi connectivity index (χ4n) is 2.68. The highest BCUT2D eigenvalue weighted by molar-refractivity contribution is 7.93. The van der Waals surface area contributed by atoms with Crippen molar-refractivity contribution in [2.24, 2.45) is 0 Å². The van der Waals surface area contributed by atoms with Crippen molar-refractivity contribution >= 4 is 33.6 Å². The standard InChI is InChI=1S/C19H15FN2O5S2/c20-17-15(5-2-7-21-17)16-10-13(6-8-22-19(24)25)28-18(16)29(26,27)14-4-1-3-12(9-14)11-23/h1-5,7,9-11,22H,6,8H2,(H,24,25). The second-order valence-electron chi connectivity index (χ2n) is 5.93. The van der Waals surface area contributed by atoms with Gasteiger partial charge in [0.15, 0.2) is 0 Å². The van der Waals surface area contributed by atoms with Crippen molar-refractivity contribution in [2.75, 3.05) is 6.54 Å². The zero-order valence-electron chi connectivity index (χ0n) is 14.8. The van der Waals surface area contributed by atoms with Gasteiger partial charge in [0.25, 0.3) is 0 Å². The summed E-state index contributed by atoms with van der Waals surface area (Å²) in [5.41, 5.74) is 0.358. The van der Waals surface area contributed by atoms with Crippen molar-refractivity contribution in [3.8, 4) is 11.1 Å². The van der Waals surface area contributed by atoms with Crippen molar-refractivity contribution < 1.29 is 27.5 Å². The van der Waals surface area contributed by atoms with Gasteiger partial charge in [-0.05, 0) is 36.8 Å². The summed E-state index contributed by atoms with van der Waals surface area (Å²) in [4.78, 5) is 25.7. The molecule has 29 heavy (non-hydrogen) atoms. The van der Waals surface area contributed by atoms with Gasteiger partial charge in [0, 0.05) is 34.3 Å². The number of benzene rings is 1. The number of carbonyl (C=O) groups excluding carboxylic acids is 1. The predicted octanol–water partition coefficient (Wildman–Crippen LogP) is 3.40. The number of sulfone groups is 1. The Morgan fingerprint density at radius 3 is 2.69 bits per heavy atom. The number of rotatable bonds is 7. The third-order valence-corrected chi connectivity index (χ3v) is 7.47. The molecule has 0 bridgehead atoms. The van der Waals surface area contributed by atoms with Crippen molar-refractivity contribution in [1.82, 2.24) is 10.3 Å². The van der Waals surface area contributed by atoms with Gasteiger partial charge in [-0.1, -0.05) is 12.1 Å². The first-order valence-electron chi connectivity index (χ1n) is 8.33. The molecule has 0 spiro atoms. The van der Waals surface area contributed by atoms with Crippen LogP contribution in [0, 0.1) is 5.95 Å². The number of thiophene rings is 1. The molecule has 0 unspecified atom stereocenters. The lowest BCUT2D eigenvalue weighted by molar-refractivity contribution is 0.112. The molecule has 0 aliphatic heterocycles. The summed E-state index contributed by atoms with van der Waals surface area (Å²) in [5.74, 6) is -0.821. The summed E-state index contributed by atoms with van der Waals surface area (Å²) in [6.07, 6.45) is 0.831. The second kappa shape index (κ2) is 8.50. The second-order valence-corrected chi connectivity index (χ2v) is 9.21. The number of halogens is 1. The van der Waals surface area contributed by atoms with Crippen LogP contribution >= 0.6 is 11.3 Å². The van der Waals surface area contributed by atoms with Gasteiger partial charge in [-0.2, -0.15) is 4.39 Å². The van der Waals surface area contributed by atoms with Gasteiger partial charge in [-0.15, -0.1) is 11.3 Å². The zero-order valence-corrected chi connectivity index (χ0v) is 16.5. The van der Waals surface area contributed by atoms with Crippen LogP contribution in [0.2, 0.25) is 0 Å². The Labute approximate surface area is 169 Å². The molecule has 3 rings (SSSR count). The average Bonchev–Trinajstić information content (AvgIpc) is 3.13. The summed E-state index contributed by atoms with van der Waals surface area (Å²) < 4.78 is 40.7. The van der Waals surface area contributed by atoms with Gasteiger partial charge >= 0.3 is 6.09 Å². The molecule has 7 nitrogen and oxygen atoms in total. The van der Waals surface area contributed by atoms with Gasteiger partial charge < -0.3 is 10.4 Å². The van der Waals surface area contributed by atoms with E-state index in [4.69, 9.17) is 5.11 Å². The molecule has 2 N–H and O–H groups in total. The number of hydrogen-bond acceptors (Lipinski definition) is 6. The van der Waals surface area contributed by atoms with Gasteiger partial charge in [0.1, 0.15) is 10.5 Å². The van der Waals surface area contributed by atoms with E-state index in [1.54, 1.807) is 0 Å². The van der Waals surface area contributed by atoms with Crippen molar-refractivity contribution in [3.63, 3.8) is 0 Å². The molecule has 0 radical (unpaired) electrons. The largest absolute Gasteiger partial charge is 0.465 e. The molecule has 0 fully saturated rings. The Morgan fingerprint density at radius 2 is 2.00 bits per heavy atom. The molecule has 0 saturated carbocycles. The Kier molecular flexibility index (Phi) is 6.04. The van der Waals surface area contributed by atoms with Crippen molar-refractivity contribution in [2.45, 2.75) is 15.5 Å². The van der Waals surface area contributed by atoms with Gasteiger partial charge in [-0.25, -0.2) is 18.2 Å². The van der Waals surface area contributed by atoms with E-state index in [1.807, 2.05) is 0 Å². The lowest BCUT2D eigenvalue weighted by Crippen LogP contribution is -2.22. The Morgan fingerprint density at radius 1 is 1.21 bits per heavy atom. The lowest BCUT2D eigenvalue weighted by Gasteiger charge is -2.07. The first-order chi connectivity index (χ1) is 13.8. The number of aromatic nitrogens is 1. The fraction of sp³-hybridized carbons (Fsp3) is 0.105. The van der Waals surface area contributed by atoms with E-state index >= 15 is 0 Å². The predicted molar refractivity (Wildman–Crippen MR) is 105 cm³/mol. The first kappa shape index (κ1) is 20.6. The van der Waals surface area contributed by atoms with Gasteiger partial charge in [-0.3, -0.25) is 4.79 Å². The lowest BCUT2D eigenvalue weighted by atomic mass is 10.1. The Bertz CT molecular complexity index is 1170. The molecule has 2 aromatic heterocycles. The number of amides is 1. The van der Waals surface area contributed by atoms with Gasteiger partial charge in [0.2, 0.25) is 15.8 Å². The fourth-order valence-corrected chi connectivity index (χ4v) is 5.84. The number of pyridine rings is 1. The maximum absolute atomic E-state index is 14.3. The van der Waals surface area contributed by atoms with Crippen LogP contribution in [-0.2, 0) is 16.3 Å². The molecule has 0 aliphatic carbocycles. The maximum Gasteiger partial charge on any atom is 0.404 e. The summed E-state index contributed by atoms with van der Waals surface area (Å²) in [5, 5.41) is 10.9. The zero-order chi connectivity index (χ0) is 21.0. The van der Waals surface area contributed by atoms with Crippen LogP contribution in [0.1, 0.15) is 15.2 Å². The number of carbonyl (C=O) groups is 2. The summed E-state index contributed by atoms with van der Waals surface area (Å²) >= 11 is 0.926. The molecule has 1 aromatic carbocycles. The highest BCUT2D eigenvalue weighted by Gasteiger charge is 2.27. The summed E-state index contributed by atoms with van der Waals surface area (Å²) in [7, 11) is -4.06. The molecule has 0 saturated heterocycles.